The molecule has 4 aromatic rings. The van der Waals surface area contributed by atoms with Gasteiger partial charge in [0.05, 0.1) is 21.1 Å². The molecule has 28 heavy (non-hydrogen) atoms. The van der Waals surface area contributed by atoms with Crippen LogP contribution in [0.5, 0.6) is 0 Å². The molecule has 0 saturated carbocycles. The first-order chi connectivity index (χ1) is 13.6. The Bertz CT molecular complexity index is 1160. The predicted octanol–water partition coefficient (Wildman–Crippen LogP) is 5.93. The summed E-state index contributed by atoms with van der Waals surface area (Å²) in [5.41, 5.74) is 1.66. The average Bonchev–Trinajstić information content (AvgIpc) is 2.68. The number of nitrogens with one attached hydrogen (secondary N) is 2. The van der Waals surface area contributed by atoms with E-state index in [-0.39, 0.29) is 15.6 Å². The third-order valence-electron chi connectivity index (χ3n) is 4.06. The van der Waals surface area contributed by atoms with Gasteiger partial charge in [0, 0.05) is 23.3 Å². The number of pyridine rings is 2. The molecule has 2 N–H and O–H groups in total. The van der Waals surface area contributed by atoms with E-state index in [9.17, 15) is 4.79 Å². The second-order valence-electron chi connectivity index (χ2n) is 5.99. The van der Waals surface area contributed by atoms with Crippen molar-refractivity contribution in [1.29, 1.82) is 0 Å². The minimum Gasteiger partial charge on any atom is -0.325 e. The van der Waals surface area contributed by atoms with Gasteiger partial charge in [-0.15, -0.1) is 0 Å². The van der Waals surface area contributed by atoms with Gasteiger partial charge in [0.2, 0.25) is 0 Å². The average molecular weight is 409 g/mol. The van der Waals surface area contributed by atoms with Gasteiger partial charge in [-0.25, -0.2) is 9.97 Å². The molecule has 0 aliphatic heterocycles. The van der Waals surface area contributed by atoms with Gasteiger partial charge in [0.15, 0.2) is 0 Å². The summed E-state index contributed by atoms with van der Waals surface area (Å²) in [4.78, 5) is 21.4. The minimum atomic E-state index is -0.392. The third-order valence-corrected chi connectivity index (χ3v) is 4.69. The lowest BCUT2D eigenvalue weighted by Gasteiger charge is -2.10. The van der Waals surface area contributed by atoms with Crippen LogP contribution in [0.15, 0.2) is 72.9 Å². The quantitative estimate of drug-likeness (QED) is 0.438. The number of nitrogens with zero attached hydrogens (tertiary/aromatic N) is 2. The van der Waals surface area contributed by atoms with E-state index in [1.54, 1.807) is 36.5 Å². The molecule has 0 atom stereocenters. The fourth-order valence-corrected chi connectivity index (χ4v) is 3.32. The summed E-state index contributed by atoms with van der Waals surface area (Å²) in [5, 5.41) is 7.57. The van der Waals surface area contributed by atoms with Crippen molar-refractivity contribution in [2.45, 2.75) is 0 Å². The molecular weight excluding hydrogens is 395 g/mol. The van der Waals surface area contributed by atoms with Gasteiger partial charge >= 0.3 is 0 Å². The number of aromatic nitrogens is 2. The summed E-state index contributed by atoms with van der Waals surface area (Å²) in [6, 6.07) is 20.0. The summed E-state index contributed by atoms with van der Waals surface area (Å²) in [6.07, 6.45) is 1.59. The highest BCUT2D eigenvalue weighted by Crippen LogP contribution is 2.26. The standard InChI is InChI=1S/C21H14Cl2N4O/c22-15-5-3-6-16(23)20(15)21(28)25-14-10-11-24-19(12-14)27-18-9-8-13-4-1-2-7-17(13)26-18/h1-12H,(H2,24,25,26,27,28). The highest BCUT2D eigenvalue weighted by molar-refractivity contribution is 6.40. The monoisotopic (exact) mass is 408 g/mol. The van der Waals surface area contributed by atoms with E-state index in [1.165, 1.54) is 0 Å². The van der Waals surface area contributed by atoms with Gasteiger partial charge in [-0.2, -0.15) is 0 Å². The van der Waals surface area contributed by atoms with Gasteiger partial charge in [0.1, 0.15) is 11.6 Å². The Hall–Kier alpha value is -3.15. The zero-order valence-corrected chi connectivity index (χ0v) is 16.0. The summed E-state index contributed by atoms with van der Waals surface area (Å²) in [5.74, 6) is 0.811. The van der Waals surface area contributed by atoms with E-state index < -0.39 is 5.91 Å². The van der Waals surface area contributed by atoms with Crippen LogP contribution < -0.4 is 10.6 Å². The van der Waals surface area contributed by atoms with E-state index in [4.69, 9.17) is 23.2 Å². The van der Waals surface area contributed by atoms with Crippen molar-refractivity contribution in [2.75, 3.05) is 10.6 Å². The lowest BCUT2D eigenvalue weighted by Crippen LogP contribution is -2.13. The van der Waals surface area contributed by atoms with Crippen molar-refractivity contribution < 1.29 is 4.79 Å². The molecule has 0 radical (unpaired) electrons. The smallest absolute Gasteiger partial charge is 0.258 e. The number of benzene rings is 2. The van der Waals surface area contributed by atoms with Gasteiger partial charge in [-0.1, -0.05) is 47.5 Å². The second-order valence-corrected chi connectivity index (χ2v) is 6.81. The first kappa shape index (κ1) is 18.2. The van der Waals surface area contributed by atoms with Crippen LogP contribution in [0.25, 0.3) is 10.9 Å². The van der Waals surface area contributed by atoms with E-state index in [2.05, 4.69) is 20.6 Å². The molecule has 0 aliphatic carbocycles. The van der Waals surface area contributed by atoms with Gasteiger partial charge in [-0.05, 0) is 36.4 Å². The fraction of sp³-hybridized carbons (Fsp3) is 0. The van der Waals surface area contributed by atoms with Crippen LogP contribution in [0.2, 0.25) is 10.0 Å². The van der Waals surface area contributed by atoms with Crippen LogP contribution in [-0.2, 0) is 0 Å². The minimum absolute atomic E-state index is 0.230. The summed E-state index contributed by atoms with van der Waals surface area (Å²) in [6.45, 7) is 0. The summed E-state index contributed by atoms with van der Waals surface area (Å²) < 4.78 is 0. The van der Waals surface area contributed by atoms with Gasteiger partial charge in [0.25, 0.3) is 5.91 Å². The van der Waals surface area contributed by atoms with Crippen LogP contribution in [-0.4, -0.2) is 15.9 Å². The molecule has 0 spiro atoms. The normalized spacial score (nSPS) is 10.6. The maximum absolute atomic E-state index is 12.5. The molecule has 7 heteroatoms. The molecule has 2 heterocycles. The van der Waals surface area contributed by atoms with Crippen LogP contribution in [0, 0.1) is 0 Å². The van der Waals surface area contributed by atoms with Crippen molar-refractivity contribution in [3.05, 3.63) is 88.5 Å². The fourth-order valence-electron chi connectivity index (χ4n) is 2.75. The van der Waals surface area contributed by atoms with Crippen molar-refractivity contribution in [3.8, 4) is 0 Å². The summed E-state index contributed by atoms with van der Waals surface area (Å²) >= 11 is 12.2. The Morgan fingerprint density at radius 3 is 2.46 bits per heavy atom. The van der Waals surface area contributed by atoms with E-state index in [0.29, 0.717) is 17.3 Å². The molecule has 0 fully saturated rings. The number of carbonyl (C=O) groups excluding carboxylic acids is 1. The molecule has 138 valence electrons. The molecule has 0 saturated heterocycles. The number of carbonyl (C=O) groups is 1. The number of fused-ring (bicyclic) bond motifs is 1. The number of para-hydroxylation sites is 1. The zero-order valence-electron chi connectivity index (χ0n) is 14.5. The molecule has 4 rings (SSSR count). The topological polar surface area (TPSA) is 66.9 Å². The number of hydrogen-bond donors (Lipinski definition) is 2. The lowest BCUT2D eigenvalue weighted by molar-refractivity contribution is 0.102. The van der Waals surface area contributed by atoms with E-state index in [0.717, 1.165) is 10.9 Å². The number of hydrogen-bond acceptors (Lipinski definition) is 4. The molecule has 2 aromatic heterocycles. The largest absolute Gasteiger partial charge is 0.325 e. The Kier molecular flexibility index (Phi) is 5.10. The summed E-state index contributed by atoms with van der Waals surface area (Å²) in [7, 11) is 0. The number of halogens is 2. The zero-order chi connectivity index (χ0) is 19.5. The van der Waals surface area contributed by atoms with Crippen molar-refractivity contribution in [1.82, 2.24) is 9.97 Å². The molecule has 5 nitrogen and oxygen atoms in total. The third kappa shape index (κ3) is 3.91. The molecule has 1 amide bonds. The van der Waals surface area contributed by atoms with E-state index >= 15 is 0 Å². The Balaban J connectivity index is 1.55. The van der Waals surface area contributed by atoms with Crippen LogP contribution >= 0.6 is 23.2 Å². The first-order valence-corrected chi connectivity index (χ1v) is 9.20. The highest BCUT2D eigenvalue weighted by atomic mass is 35.5. The lowest BCUT2D eigenvalue weighted by atomic mass is 10.2. The Morgan fingerprint density at radius 1 is 0.857 bits per heavy atom. The van der Waals surface area contributed by atoms with Crippen LogP contribution in [0.3, 0.4) is 0 Å². The maximum Gasteiger partial charge on any atom is 0.258 e. The SMILES string of the molecule is O=C(Nc1ccnc(Nc2ccc3ccccc3n2)c1)c1c(Cl)cccc1Cl. The number of rotatable bonds is 4. The Morgan fingerprint density at radius 2 is 1.64 bits per heavy atom. The second kappa shape index (κ2) is 7.84. The molecule has 0 unspecified atom stereocenters. The molecule has 2 aromatic carbocycles. The van der Waals surface area contributed by atoms with Crippen LogP contribution in [0.4, 0.5) is 17.3 Å². The van der Waals surface area contributed by atoms with Crippen molar-refractivity contribution >= 4 is 57.3 Å². The van der Waals surface area contributed by atoms with Crippen molar-refractivity contribution in [3.63, 3.8) is 0 Å². The van der Waals surface area contributed by atoms with E-state index in [1.807, 2.05) is 36.4 Å². The number of anilines is 3. The predicted molar refractivity (Wildman–Crippen MR) is 114 cm³/mol. The Labute approximate surface area is 171 Å². The first-order valence-electron chi connectivity index (χ1n) is 8.44. The number of amides is 1. The highest BCUT2D eigenvalue weighted by Gasteiger charge is 2.15. The van der Waals surface area contributed by atoms with Gasteiger partial charge in [-0.3, -0.25) is 4.79 Å². The molecule has 0 aliphatic rings. The van der Waals surface area contributed by atoms with Crippen molar-refractivity contribution in [2.24, 2.45) is 0 Å². The van der Waals surface area contributed by atoms with Crippen LogP contribution in [0.1, 0.15) is 10.4 Å². The maximum atomic E-state index is 12.5. The molecule has 0 bridgehead atoms. The molecular formula is C21H14Cl2N4O. The van der Waals surface area contributed by atoms with Gasteiger partial charge < -0.3 is 10.6 Å².